The second-order valence-corrected chi connectivity index (χ2v) is 8.23. The molecule has 2 heterocycles. The number of para-hydroxylation sites is 1. The number of aromatic nitrogens is 1. The molecule has 1 aromatic carbocycles. The minimum absolute atomic E-state index is 0. The van der Waals surface area contributed by atoms with Gasteiger partial charge in [0.25, 0.3) is 0 Å². The summed E-state index contributed by atoms with van der Waals surface area (Å²) >= 11 is 0. The lowest BCUT2D eigenvalue weighted by molar-refractivity contribution is 0.262. The van der Waals surface area contributed by atoms with Crippen LogP contribution in [0.3, 0.4) is 0 Å². The second-order valence-electron chi connectivity index (χ2n) is 8.23. The largest absolute Gasteiger partial charge is 0.490 e. The highest BCUT2D eigenvalue weighted by atomic mass is 35.5. The summed E-state index contributed by atoms with van der Waals surface area (Å²) in [5.74, 6) is 2.21. The number of benzene rings is 1. The molecule has 4 rings (SSSR count). The number of piperidine rings is 1. The first-order valence-corrected chi connectivity index (χ1v) is 11.2. The maximum absolute atomic E-state index is 13.9. The predicted octanol–water partition coefficient (Wildman–Crippen LogP) is 4.46. The van der Waals surface area contributed by atoms with Gasteiger partial charge in [0, 0.05) is 29.3 Å². The van der Waals surface area contributed by atoms with Crippen molar-refractivity contribution < 1.29 is 13.9 Å². The maximum atomic E-state index is 13.9. The van der Waals surface area contributed by atoms with Gasteiger partial charge in [0.1, 0.15) is 6.61 Å². The predicted molar refractivity (Wildman–Crippen MR) is 123 cm³/mol. The van der Waals surface area contributed by atoms with Gasteiger partial charge < -0.3 is 20.1 Å². The molecule has 2 aliphatic rings. The molecular weight excluding hydrogens is 417 g/mol. The Morgan fingerprint density at radius 1 is 1.16 bits per heavy atom. The minimum Gasteiger partial charge on any atom is -0.490 e. The molecule has 1 aromatic heterocycles. The van der Waals surface area contributed by atoms with Crippen LogP contribution in [0.4, 0.5) is 4.39 Å². The second kappa shape index (κ2) is 11.7. The number of halogens is 2. The molecule has 2 fully saturated rings. The number of nitrogens with one attached hydrogen (secondary N) is 2. The Hall–Kier alpha value is -1.89. The van der Waals surface area contributed by atoms with Gasteiger partial charge >= 0.3 is 0 Å². The van der Waals surface area contributed by atoms with Crippen molar-refractivity contribution in [2.75, 3.05) is 26.2 Å². The zero-order valence-electron chi connectivity index (χ0n) is 18.1. The number of ether oxygens (including phenoxy) is 2. The van der Waals surface area contributed by atoms with E-state index in [-0.39, 0.29) is 19.0 Å². The highest BCUT2D eigenvalue weighted by molar-refractivity contribution is 5.85. The zero-order chi connectivity index (χ0) is 20.8. The average Bonchev–Trinajstić information content (AvgIpc) is 3.54. The van der Waals surface area contributed by atoms with Gasteiger partial charge in [-0.3, -0.25) is 0 Å². The van der Waals surface area contributed by atoms with E-state index >= 15 is 0 Å². The van der Waals surface area contributed by atoms with Crippen molar-refractivity contribution >= 4 is 12.4 Å². The fourth-order valence-electron chi connectivity index (χ4n) is 4.33. The Morgan fingerprint density at radius 2 is 2.00 bits per heavy atom. The highest BCUT2D eigenvalue weighted by Gasteiger charge is 2.40. The average molecular weight is 450 g/mol. The molecule has 0 spiro atoms. The standard InChI is InChI=1S/C24H32FN3O2.ClH/c1-2-29-22-7-3-6-19(23(22)30-16-18-5-4-11-28-24(18)25)20-15-21(20)27-14-10-17-8-12-26-13-9-17;/h3-7,11,17,20-21,26-27H,2,8-10,12-16H2,1H3;1H/t20-,21+;/m0./s1. The Balaban J connectivity index is 0.00000272. The Bertz CT molecular complexity index is 832. The van der Waals surface area contributed by atoms with Crippen LogP contribution < -0.4 is 20.1 Å². The normalized spacial score (nSPS) is 20.7. The van der Waals surface area contributed by atoms with Crippen molar-refractivity contribution in [1.29, 1.82) is 0 Å². The number of nitrogens with zero attached hydrogens (tertiary/aromatic N) is 1. The Morgan fingerprint density at radius 3 is 2.77 bits per heavy atom. The van der Waals surface area contributed by atoms with Crippen LogP contribution in [0, 0.1) is 11.9 Å². The molecule has 5 nitrogen and oxygen atoms in total. The van der Waals surface area contributed by atoms with E-state index in [1.807, 2.05) is 19.1 Å². The smallest absolute Gasteiger partial charge is 0.219 e. The van der Waals surface area contributed by atoms with Gasteiger partial charge in [0.2, 0.25) is 5.95 Å². The minimum atomic E-state index is -0.489. The molecule has 2 N–H and O–H groups in total. The third-order valence-electron chi connectivity index (χ3n) is 6.13. The van der Waals surface area contributed by atoms with Gasteiger partial charge in [-0.15, -0.1) is 12.4 Å². The third kappa shape index (κ3) is 6.31. The molecule has 31 heavy (non-hydrogen) atoms. The molecule has 170 valence electrons. The van der Waals surface area contributed by atoms with Crippen LogP contribution in [-0.4, -0.2) is 37.3 Å². The quantitative estimate of drug-likeness (QED) is 0.524. The summed E-state index contributed by atoms with van der Waals surface area (Å²) in [6, 6.07) is 9.94. The van der Waals surface area contributed by atoms with E-state index in [2.05, 4.69) is 21.7 Å². The molecule has 1 aliphatic heterocycles. The SMILES string of the molecule is CCOc1cccc([C@@H]2C[C@H]2NCCC2CCNCC2)c1OCc1cccnc1F.Cl. The van der Waals surface area contributed by atoms with Crippen LogP contribution in [0.15, 0.2) is 36.5 Å². The summed E-state index contributed by atoms with van der Waals surface area (Å²) in [5.41, 5.74) is 1.59. The number of pyridine rings is 1. The highest BCUT2D eigenvalue weighted by Crippen LogP contribution is 2.48. The van der Waals surface area contributed by atoms with Crippen LogP contribution in [0.1, 0.15) is 49.7 Å². The first-order chi connectivity index (χ1) is 14.8. The van der Waals surface area contributed by atoms with Gasteiger partial charge in [-0.2, -0.15) is 4.39 Å². The molecule has 7 heteroatoms. The molecular formula is C24H33ClFN3O2. The first kappa shape index (κ1) is 23.8. The van der Waals surface area contributed by atoms with Crippen molar-refractivity contribution in [1.82, 2.24) is 15.6 Å². The van der Waals surface area contributed by atoms with E-state index in [9.17, 15) is 4.39 Å². The summed E-state index contributed by atoms with van der Waals surface area (Å²) in [6.45, 7) is 6.02. The Labute approximate surface area is 190 Å². The number of rotatable bonds is 10. The maximum Gasteiger partial charge on any atom is 0.219 e. The lowest BCUT2D eigenvalue weighted by Gasteiger charge is -2.22. The lowest BCUT2D eigenvalue weighted by atomic mass is 9.95. The van der Waals surface area contributed by atoms with E-state index in [1.54, 1.807) is 12.1 Å². The first-order valence-electron chi connectivity index (χ1n) is 11.2. The molecule has 1 saturated heterocycles. The van der Waals surface area contributed by atoms with Crippen molar-refractivity contribution in [2.24, 2.45) is 5.92 Å². The summed E-state index contributed by atoms with van der Waals surface area (Å²) in [4.78, 5) is 3.71. The summed E-state index contributed by atoms with van der Waals surface area (Å²) < 4.78 is 25.8. The van der Waals surface area contributed by atoms with Crippen LogP contribution in [-0.2, 0) is 6.61 Å². The van der Waals surface area contributed by atoms with Gasteiger partial charge in [0.15, 0.2) is 11.5 Å². The molecule has 2 atom stereocenters. The van der Waals surface area contributed by atoms with Gasteiger partial charge in [-0.05, 0) is 76.4 Å². The molecule has 2 aromatic rings. The van der Waals surface area contributed by atoms with Crippen molar-refractivity contribution in [3.05, 3.63) is 53.6 Å². The van der Waals surface area contributed by atoms with Crippen molar-refractivity contribution in [3.8, 4) is 11.5 Å². The molecule has 0 radical (unpaired) electrons. The van der Waals surface area contributed by atoms with E-state index in [0.29, 0.717) is 24.1 Å². The third-order valence-corrected chi connectivity index (χ3v) is 6.13. The molecule has 1 aliphatic carbocycles. The molecule has 1 saturated carbocycles. The zero-order valence-corrected chi connectivity index (χ0v) is 18.9. The van der Waals surface area contributed by atoms with Crippen LogP contribution in [0.25, 0.3) is 0 Å². The van der Waals surface area contributed by atoms with E-state index in [1.165, 1.54) is 25.5 Å². The molecule has 0 amide bonds. The monoisotopic (exact) mass is 449 g/mol. The fourth-order valence-corrected chi connectivity index (χ4v) is 4.33. The molecule has 0 unspecified atom stereocenters. The van der Waals surface area contributed by atoms with Crippen molar-refractivity contribution in [2.45, 2.75) is 51.2 Å². The Kier molecular flexibility index (Phi) is 8.93. The summed E-state index contributed by atoms with van der Waals surface area (Å²) in [6.07, 6.45) is 6.36. The number of hydrogen-bond donors (Lipinski definition) is 2. The topological polar surface area (TPSA) is 55.4 Å². The lowest BCUT2D eigenvalue weighted by Crippen LogP contribution is -2.30. The van der Waals surface area contributed by atoms with Crippen molar-refractivity contribution in [3.63, 3.8) is 0 Å². The van der Waals surface area contributed by atoms with Crippen LogP contribution in [0.2, 0.25) is 0 Å². The van der Waals surface area contributed by atoms with E-state index < -0.39 is 5.95 Å². The van der Waals surface area contributed by atoms with Gasteiger partial charge in [0.05, 0.1) is 6.61 Å². The van der Waals surface area contributed by atoms with Crippen LogP contribution in [0.5, 0.6) is 11.5 Å². The fraction of sp³-hybridized carbons (Fsp3) is 0.542. The summed E-state index contributed by atoms with van der Waals surface area (Å²) in [7, 11) is 0. The summed E-state index contributed by atoms with van der Waals surface area (Å²) in [5, 5.41) is 7.16. The number of hydrogen-bond acceptors (Lipinski definition) is 5. The van der Waals surface area contributed by atoms with E-state index in [0.717, 1.165) is 49.0 Å². The van der Waals surface area contributed by atoms with E-state index in [4.69, 9.17) is 9.47 Å². The molecule has 0 bridgehead atoms. The van der Waals surface area contributed by atoms with Gasteiger partial charge in [-0.25, -0.2) is 4.98 Å². The van der Waals surface area contributed by atoms with Crippen LogP contribution >= 0.6 is 12.4 Å². The van der Waals surface area contributed by atoms with Gasteiger partial charge in [-0.1, -0.05) is 12.1 Å².